The van der Waals surface area contributed by atoms with Crippen LogP contribution in [0.25, 0.3) is 0 Å². The molecule has 0 bridgehead atoms. The van der Waals surface area contributed by atoms with E-state index in [1.54, 1.807) is 50.2 Å². The third-order valence-corrected chi connectivity index (χ3v) is 18.8. The molecule has 8 atom stereocenters. The number of unbranched alkanes of at least 4 members (excludes halogenated alkanes) is 6. The van der Waals surface area contributed by atoms with E-state index in [9.17, 15) is 61.2 Å². The van der Waals surface area contributed by atoms with E-state index in [1.165, 1.54) is 52.4 Å². The first-order chi connectivity index (χ1) is 50.1. The highest BCUT2D eigenvalue weighted by Gasteiger charge is 2.31. The first-order valence-corrected chi connectivity index (χ1v) is 38.6. The molecule has 29 nitrogen and oxygen atoms in total. The number of rotatable bonds is 53. The Morgan fingerprint density at radius 1 is 0.562 bits per heavy atom. The van der Waals surface area contributed by atoms with Crippen LogP contribution >= 0.6 is 0 Å². The summed E-state index contributed by atoms with van der Waals surface area (Å²) in [4.78, 5) is 140. The molecule has 9 amide bonds. The molecule has 0 aliphatic heterocycles. The van der Waals surface area contributed by atoms with Crippen molar-refractivity contribution in [2.75, 3.05) is 44.4 Å². The van der Waals surface area contributed by atoms with Gasteiger partial charge in [-0.05, 0) is 157 Å². The zero-order valence-corrected chi connectivity index (χ0v) is 64.5. The number of nitrogens with one attached hydrogen (secondary N) is 11. The van der Waals surface area contributed by atoms with Gasteiger partial charge in [-0.3, -0.25) is 57.4 Å². The molecule has 105 heavy (non-hydrogen) atoms. The number of anilines is 1. The van der Waals surface area contributed by atoms with Gasteiger partial charge >= 0.3 is 5.97 Å². The van der Waals surface area contributed by atoms with Crippen molar-refractivity contribution in [1.82, 2.24) is 68.2 Å². The lowest BCUT2D eigenvalue weighted by atomic mass is 9.91. The van der Waals surface area contributed by atoms with Crippen LogP contribution < -0.4 is 63.2 Å². The molecule has 1 heterocycles. The van der Waals surface area contributed by atoms with Crippen LogP contribution in [-0.4, -0.2) is 164 Å². The summed E-state index contributed by atoms with van der Waals surface area (Å²) in [6.45, 7) is 26.6. The van der Waals surface area contributed by atoms with Crippen molar-refractivity contribution in [2.24, 2.45) is 5.92 Å². The number of ether oxygens (including phenoxy) is 2. The normalized spacial score (nSPS) is 13.3. The highest BCUT2D eigenvalue weighted by atomic mass is 32.2. The van der Waals surface area contributed by atoms with Gasteiger partial charge in [0.05, 0.1) is 29.5 Å². The number of carbonyl (C=O) groups is 11. The third kappa shape index (κ3) is 37.4. The van der Waals surface area contributed by atoms with Crippen LogP contribution in [0.5, 0.6) is 5.75 Å². The second-order valence-corrected chi connectivity index (χ2v) is 28.1. The second kappa shape index (κ2) is 51.9. The standard InChI is InChI=1S/C47H84N10O9.C28H36N4O6S/c1-10-17-27-50-42(61)34(31-41(60)39(56-47(66)38(14-5)55-33(9)59)25-19-22-29-51-43(62)35(11-2)48-15-6)24-18-21-28-53-45(64)40(57-46(65)36(12-3)49-16-7)26-20-23-30-52-44(63)37(13-4)54-32(8)58;1-20(2)26-18-32(31-30-26)16-7-5-6-11-28(34)29-23-10-8-9-22(17-23)27(38-21(3)33)19-39(35,36)25-14-12-24(37-4)13-15-25/h15-16,34-40,48-49H,6-7,10-14,17-31H2,1-5,8-9H3,(H,50,61)(H,51,62)(H,52,63)(H,53,64)(H,54,58)(H,55,59)(H,56,66)(H,57,65);8-10,12-15,17-18,20,27H,5-7,11,16,19H2,1-4H3,(H,29,34)/t34-,35+,36-,37+,38-,39-,40-;/m0./s1. The molecule has 3 aromatic rings. The first kappa shape index (κ1) is 91.9. The van der Waals surface area contributed by atoms with E-state index in [4.69, 9.17) is 9.47 Å². The number of aromatic nitrogens is 3. The van der Waals surface area contributed by atoms with Crippen LogP contribution in [-0.2, 0) is 73.9 Å². The maximum absolute atomic E-state index is 14.0. The molecule has 0 aliphatic rings. The zero-order valence-electron chi connectivity index (χ0n) is 63.7. The highest BCUT2D eigenvalue weighted by Crippen LogP contribution is 2.27. The molecule has 0 spiro atoms. The summed E-state index contributed by atoms with van der Waals surface area (Å²) in [5.41, 5.74) is 1.93. The van der Waals surface area contributed by atoms with E-state index in [-0.39, 0.29) is 77.3 Å². The van der Waals surface area contributed by atoms with Gasteiger partial charge in [0.2, 0.25) is 53.2 Å². The number of sulfone groups is 1. The Hall–Kier alpha value is -9.22. The predicted octanol–water partition coefficient (Wildman–Crippen LogP) is 6.85. The van der Waals surface area contributed by atoms with Crippen LogP contribution in [0.2, 0.25) is 0 Å². The van der Waals surface area contributed by atoms with Crippen LogP contribution in [0.1, 0.15) is 221 Å². The number of carbonyl (C=O) groups excluding carboxylic acids is 11. The SMILES string of the molecule is C=CN[C@@H](CC)C(=O)N[C@@H](CCCCNC(=O)[C@@H](CC)NC(C)=O)C(=O)NCCCC[C@@H](CC(=O)[C@H](CCCCNC(=O)[C@@H](CC)NC=C)NC(=O)[C@H](CC)NC(C)=O)C(=O)NCCCC.COc1ccc(S(=O)(=O)CC(OC(C)=O)c2cccc(NC(=O)CCCCCn3cc(C(C)C)nn3)c2)cc1. The van der Waals surface area contributed by atoms with Crippen LogP contribution in [0.15, 0.2) is 85.2 Å². The summed E-state index contributed by atoms with van der Waals surface area (Å²) in [6, 6.07) is 8.39. The number of hydrogen-bond acceptors (Lipinski definition) is 19. The Morgan fingerprint density at radius 2 is 1.07 bits per heavy atom. The quantitative estimate of drug-likeness (QED) is 0.0203. The minimum absolute atomic E-state index is 0.0918. The Labute approximate surface area is 621 Å². The van der Waals surface area contributed by atoms with E-state index in [1.807, 2.05) is 31.6 Å². The summed E-state index contributed by atoms with van der Waals surface area (Å²) in [5, 5.41) is 39.3. The molecule has 3 rings (SSSR count). The number of ketones is 1. The maximum atomic E-state index is 14.0. The molecule has 1 unspecified atom stereocenters. The molecule has 11 N–H and O–H groups in total. The van der Waals surface area contributed by atoms with Gasteiger partial charge in [0.25, 0.3) is 0 Å². The number of methoxy groups -OCH3 is 1. The average Bonchev–Trinajstić information content (AvgIpc) is 1.25. The van der Waals surface area contributed by atoms with Crippen LogP contribution in [0.3, 0.4) is 0 Å². The topological polar surface area (TPSA) is 403 Å². The summed E-state index contributed by atoms with van der Waals surface area (Å²) < 4.78 is 38.4. The van der Waals surface area contributed by atoms with Crippen molar-refractivity contribution >= 4 is 80.4 Å². The maximum Gasteiger partial charge on any atom is 0.303 e. The Bertz CT molecular complexity index is 3330. The van der Waals surface area contributed by atoms with Gasteiger partial charge in [-0.2, -0.15) is 0 Å². The Balaban J connectivity index is 0.000000808. The smallest absolute Gasteiger partial charge is 0.303 e. The summed E-state index contributed by atoms with van der Waals surface area (Å²) >= 11 is 0. The van der Waals surface area contributed by atoms with Gasteiger partial charge in [-0.15, -0.1) is 5.10 Å². The molecule has 1 aromatic heterocycles. The average molecular weight is 1490 g/mol. The minimum Gasteiger partial charge on any atom is -0.497 e. The molecule has 0 aliphatic carbocycles. The van der Waals surface area contributed by atoms with Crippen LogP contribution in [0, 0.1) is 5.92 Å². The summed E-state index contributed by atoms with van der Waals surface area (Å²) in [6.07, 6.45) is 13.7. The predicted molar refractivity (Wildman–Crippen MR) is 403 cm³/mol. The number of esters is 1. The first-order valence-electron chi connectivity index (χ1n) is 37.0. The molecule has 30 heteroatoms. The van der Waals surface area contributed by atoms with E-state index in [0.29, 0.717) is 132 Å². The zero-order chi connectivity index (χ0) is 78.3. The Kier molecular flexibility index (Phi) is 45.4. The molecular weight excluding hydrogens is 1370 g/mol. The summed E-state index contributed by atoms with van der Waals surface area (Å²) in [7, 11) is -2.29. The molecule has 0 radical (unpaired) electrons. The van der Waals surface area contributed by atoms with Crippen molar-refractivity contribution in [2.45, 2.75) is 257 Å². The van der Waals surface area contributed by atoms with E-state index < -0.39 is 75.7 Å². The minimum atomic E-state index is -3.79. The fourth-order valence-electron chi connectivity index (χ4n) is 11.0. The van der Waals surface area contributed by atoms with Gasteiger partial charge in [0.1, 0.15) is 42.1 Å². The van der Waals surface area contributed by atoms with Crippen LogP contribution in [0.4, 0.5) is 5.69 Å². The number of hydrogen-bond donors (Lipinski definition) is 11. The van der Waals surface area contributed by atoms with Crippen molar-refractivity contribution in [3.63, 3.8) is 0 Å². The number of benzene rings is 2. The highest BCUT2D eigenvalue weighted by molar-refractivity contribution is 7.91. The molecule has 0 fully saturated rings. The Morgan fingerprint density at radius 3 is 1.59 bits per heavy atom. The molecule has 0 saturated carbocycles. The second-order valence-electron chi connectivity index (χ2n) is 26.1. The van der Waals surface area contributed by atoms with Gasteiger partial charge in [0, 0.05) is 84.1 Å². The van der Waals surface area contributed by atoms with Crippen molar-refractivity contribution < 1.29 is 70.6 Å². The van der Waals surface area contributed by atoms with Gasteiger partial charge < -0.3 is 68.0 Å². The number of Topliss-reactive ketones (excluding diaryl/α,β-unsaturated/α-hetero) is 1. The summed E-state index contributed by atoms with van der Waals surface area (Å²) in [5.74, 6) is -4.08. The van der Waals surface area contributed by atoms with E-state index >= 15 is 0 Å². The van der Waals surface area contributed by atoms with Crippen molar-refractivity contribution in [1.29, 1.82) is 0 Å². The van der Waals surface area contributed by atoms with Crippen molar-refractivity contribution in [3.05, 3.63) is 91.5 Å². The number of nitrogens with zero attached hydrogens (tertiary/aromatic N) is 3. The molecule has 0 saturated heterocycles. The molecular formula is C75H120N14O15S. The van der Waals surface area contributed by atoms with Gasteiger partial charge in [-0.25, -0.2) is 8.42 Å². The lowest BCUT2D eigenvalue weighted by Crippen LogP contribution is -2.52. The fourth-order valence-corrected chi connectivity index (χ4v) is 12.4. The molecule has 586 valence electrons. The number of amides is 9. The van der Waals surface area contributed by atoms with E-state index in [2.05, 4.69) is 95.8 Å². The van der Waals surface area contributed by atoms with E-state index in [0.717, 1.165) is 37.9 Å². The number of aryl methyl sites for hydroxylation is 1. The largest absolute Gasteiger partial charge is 0.497 e. The lowest BCUT2D eigenvalue weighted by Gasteiger charge is -2.24. The third-order valence-electron chi connectivity index (χ3n) is 17.1. The van der Waals surface area contributed by atoms with Gasteiger partial charge in [0.15, 0.2) is 15.6 Å². The van der Waals surface area contributed by atoms with Crippen molar-refractivity contribution in [3.8, 4) is 5.75 Å². The molecule has 2 aromatic carbocycles. The monoisotopic (exact) mass is 1490 g/mol. The fraction of sp³-hybridized carbons (Fsp3) is 0.613. The van der Waals surface area contributed by atoms with Gasteiger partial charge in [-0.1, -0.05) is 98.2 Å². The lowest BCUT2D eigenvalue weighted by molar-refractivity contribution is -0.145.